The first kappa shape index (κ1) is 24.3. The van der Waals surface area contributed by atoms with Gasteiger partial charge in [0.05, 0.1) is 17.9 Å². The Bertz CT molecular complexity index is 1350. The second-order valence-electron chi connectivity index (χ2n) is 8.23. The normalized spacial score (nSPS) is 13.4. The minimum Gasteiger partial charge on any atom is -0.462 e. The van der Waals surface area contributed by atoms with Crippen LogP contribution in [-0.4, -0.2) is 24.4 Å². The van der Waals surface area contributed by atoms with Crippen LogP contribution in [-0.2, 0) is 14.3 Å². The summed E-state index contributed by atoms with van der Waals surface area (Å²) >= 11 is 1.22. The third kappa shape index (κ3) is 5.00. The molecule has 0 aliphatic carbocycles. The number of ether oxygens (including phenoxy) is 1. The number of carbonyl (C=O) groups is 3. The van der Waals surface area contributed by atoms with Gasteiger partial charge in [-0.25, -0.2) is 9.69 Å². The number of carbonyl (C=O) groups excluding carboxylic acids is 3. The fourth-order valence-electron chi connectivity index (χ4n) is 3.67. The highest BCUT2D eigenvalue weighted by molar-refractivity contribution is 8.04. The van der Waals surface area contributed by atoms with Crippen molar-refractivity contribution in [1.29, 1.82) is 0 Å². The van der Waals surface area contributed by atoms with E-state index in [1.54, 1.807) is 31.2 Å². The second-order valence-corrected chi connectivity index (χ2v) is 9.31. The standard InChI is InChI=1S/C28H26N2O4S/c1-5-34-28(33)22-8-6-7-9-23(22)30-26(31)24(29-20-13-12-18(3)19(4)16-20)25(27(30)32)35-21-14-10-17(2)11-15-21/h6-16,29H,5H2,1-4H3. The predicted molar refractivity (Wildman–Crippen MR) is 138 cm³/mol. The van der Waals surface area contributed by atoms with E-state index in [1.165, 1.54) is 11.8 Å². The Balaban J connectivity index is 1.78. The Morgan fingerprint density at radius 3 is 2.31 bits per heavy atom. The topological polar surface area (TPSA) is 75.7 Å². The molecule has 1 heterocycles. The number of anilines is 2. The molecule has 6 nitrogen and oxygen atoms in total. The van der Waals surface area contributed by atoms with Crippen molar-refractivity contribution in [2.45, 2.75) is 32.6 Å². The monoisotopic (exact) mass is 486 g/mol. The number of hydrogen-bond acceptors (Lipinski definition) is 6. The highest BCUT2D eigenvalue weighted by Gasteiger charge is 2.41. The first-order chi connectivity index (χ1) is 16.8. The molecule has 1 aliphatic heterocycles. The summed E-state index contributed by atoms with van der Waals surface area (Å²) in [7, 11) is 0. The van der Waals surface area contributed by atoms with Gasteiger partial charge >= 0.3 is 5.97 Å². The van der Waals surface area contributed by atoms with E-state index < -0.39 is 17.8 Å². The van der Waals surface area contributed by atoms with Crippen molar-refractivity contribution in [3.63, 3.8) is 0 Å². The van der Waals surface area contributed by atoms with Crippen LogP contribution in [0.15, 0.2) is 82.2 Å². The van der Waals surface area contributed by atoms with Crippen molar-refractivity contribution >= 4 is 40.9 Å². The Labute approximate surface area is 209 Å². The molecule has 0 fully saturated rings. The lowest BCUT2D eigenvalue weighted by Crippen LogP contribution is -2.33. The van der Waals surface area contributed by atoms with E-state index >= 15 is 0 Å². The van der Waals surface area contributed by atoms with E-state index in [0.717, 1.165) is 26.5 Å². The SMILES string of the molecule is CCOC(=O)c1ccccc1N1C(=O)C(Nc2ccc(C)c(C)c2)=C(Sc2ccc(C)cc2)C1=O. The van der Waals surface area contributed by atoms with Crippen LogP contribution in [0.25, 0.3) is 0 Å². The maximum absolute atomic E-state index is 13.7. The molecule has 0 bridgehead atoms. The quantitative estimate of drug-likeness (QED) is 0.337. The van der Waals surface area contributed by atoms with Crippen LogP contribution >= 0.6 is 11.8 Å². The van der Waals surface area contributed by atoms with E-state index in [1.807, 2.05) is 63.2 Å². The average Bonchev–Trinajstić information content (AvgIpc) is 3.06. The molecule has 0 aromatic heterocycles. The van der Waals surface area contributed by atoms with Crippen LogP contribution < -0.4 is 10.2 Å². The number of aryl methyl sites for hydroxylation is 3. The summed E-state index contributed by atoms with van der Waals surface area (Å²) < 4.78 is 5.16. The van der Waals surface area contributed by atoms with E-state index in [4.69, 9.17) is 4.74 Å². The summed E-state index contributed by atoms with van der Waals surface area (Å²) in [6, 6.07) is 20.0. The predicted octanol–water partition coefficient (Wildman–Crippen LogP) is 5.78. The zero-order valence-corrected chi connectivity index (χ0v) is 20.9. The van der Waals surface area contributed by atoms with Gasteiger partial charge in [0.1, 0.15) is 10.6 Å². The molecule has 1 aliphatic rings. The lowest BCUT2D eigenvalue weighted by atomic mass is 10.1. The maximum atomic E-state index is 13.7. The van der Waals surface area contributed by atoms with Crippen LogP contribution in [0.3, 0.4) is 0 Å². The summed E-state index contributed by atoms with van der Waals surface area (Å²) in [6.07, 6.45) is 0. The molecular formula is C28H26N2O4S. The van der Waals surface area contributed by atoms with Gasteiger partial charge in [0.2, 0.25) is 0 Å². The molecule has 7 heteroatoms. The Morgan fingerprint density at radius 2 is 1.63 bits per heavy atom. The molecule has 0 radical (unpaired) electrons. The molecule has 0 atom stereocenters. The first-order valence-corrected chi connectivity index (χ1v) is 12.1. The zero-order chi connectivity index (χ0) is 25.1. The van der Waals surface area contributed by atoms with Gasteiger partial charge < -0.3 is 10.1 Å². The van der Waals surface area contributed by atoms with Crippen LogP contribution in [0.5, 0.6) is 0 Å². The van der Waals surface area contributed by atoms with Gasteiger partial charge in [0, 0.05) is 10.6 Å². The van der Waals surface area contributed by atoms with E-state index in [-0.39, 0.29) is 28.5 Å². The van der Waals surface area contributed by atoms with Gasteiger partial charge in [-0.2, -0.15) is 0 Å². The van der Waals surface area contributed by atoms with Crippen molar-refractivity contribution in [3.05, 3.63) is 99.6 Å². The zero-order valence-electron chi connectivity index (χ0n) is 20.0. The molecule has 0 spiro atoms. The largest absolute Gasteiger partial charge is 0.462 e. The summed E-state index contributed by atoms with van der Waals surface area (Å²) in [5, 5.41) is 3.17. The third-order valence-electron chi connectivity index (χ3n) is 5.70. The molecule has 178 valence electrons. The van der Waals surface area contributed by atoms with Gasteiger partial charge in [-0.1, -0.05) is 47.7 Å². The number of thioether (sulfide) groups is 1. The summed E-state index contributed by atoms with van der Waals surface area (Å²) in [5.41, 5.74) is 4.50. The van der Waals surface area contributed by atoms with Crippen molar-refractivity contribution in [2.24, 2.45) is 0 Å². The maximum Gasteiger partial charge on any atom is 0.340 e. The molecule has 0 saturated heterocycles. The lowest BCUT2D eigenvalue weighted by Gasteiger charge is -2.18. The Morgan fingerprint density at radius 1 is 0.914 bits per heavy atom. The van der Waals surface area contributed by atoms with Gasteiger partial charge in [0.15, 0.2) is 0 Å². The number of imide groups is 1. The van der Waals surface area contributed by atoms with Gasteiger partial charge in [-0.3, -0.25) is 9.59 Å². The number of nitrogens with one attached hydrogen (secondary N) is 1. The molecule has 2 amide bonds. The van der Waals surface area contributed by atoms with Crippen molar-refractivity contribution in [3.8, 4) is 0 Å². The number of para-hydroxylation sites is 1. The fourth-order valence-corrected chi connectivity index (χ4v) is 4.60. The Hall–Kier alpha value is -3.84. The molecule has 4 rings (SSSR count). The fraction of sp³-hybridized carbons (Fsp3) is 0.179. The third-order valence-corrected chi connectivity index (χ3v) is 6.79. The number of nitrogens with zero attached hydrogens (tertiary/aromatic N) is 1. The van der Waals surface area contributed by atoms with Gasteiger partial charge in [-0.15, -0.1) is 0 Å². The van der Waals surface area contributed by atoms with E-state index in [0.29, 0.717) is 5.69 Å². The lowest BCUT2D eigenvalue weighted by molar-refractivity contribution is -0.120. The highest BCUT2D eigenvalue weighted by Crippen LogP contribution is 2.39. The van der Waals surface area contributed by atoms with Gasteiger partial charge in [0.25, 0.3) is 11.8 Å². The highest BCUT2D eigenvalue weighted by atomic mass is 32.2. The number of esters is 1. The summed E-state index contributed by atoms with van der Waals surface area (Å²) in [6.45, 7) is 7.87. The van der Waals surface area contributed by atoms with Crippen molar-refractivity contribution in [2.75, 3.05) is 16.8 Å². The molecule has 0 saturated carbocycles. The molecule has 3 aromatic rings. The van der Waals surface area contributed by atoms with E-state index in [2.05, 4.69) is 5.32 Å². The summed E-state index contributed by atoms with van der Waals surface area (Å²) in [4.78, 5) is 42.1. The number of rotatable bonds is 7. The molecule has 1 N–H and O–H groups in total. The first-order valence-electron chi connectivity index (χ1n) is 11.3. The number of amides is 2. The molecule has 35 heavy (non-hydrogen) atoms. The molecule has 3 aromatic carbocycles. The average molecular weight is 487 g/mol. The van der Waals surface area contributed by atoms with Crippen LogP contribution in [0, 0.1) is 20.8 Å². The number of benzene rings is 3. The Kier molecular flexibility index (Phi) is 7.07. The van der Waals surface area contributed by atoms with Crippen LogP contribution in [0.4, 0.5) is 11.4 Å². The minimum absolute atomic E-state index is 0.156. The van der Waals surface area contributed by atoms with Crippen molar-refractivity contribution in [1.82, 2.24) is 0 Å². The van der Waals surface area contributed by atoms with E-state index in [9.17, 15) is 14.4 Å². The van der Waals surface area contributed by atoms with Gasteiger partial charge in [-0.05, 0) is 75.2 Å². The van der Waals surface area contributed by atoms with Crippen LogP contribution in [0.1, 0.15) is 34.0 Å². The smallest absolute Gasteiger partial charge is 0.340 e. The van der Waals surface area contributed by atoms with Crippen LogP contribution in [0.2, 0.25) is 0 Å². The molecule has 0 unspecified atom stereocenters. The summed E-state index contributed by atoms with van der Waals surface area (Å²) in [5.74, 6) is -1.62. The minimum atomic E-state index is -0.591. The second kappa shape index (κ2) is 10.2. The number of hydrogen-bond donors (Lipinski definition) is 1. The van der Waals surface area contributed by atoms with Crippen molar-refractivity contribution < 1.29 is 19.1 Å². The molecular weight excluding hydrogens is 460 g/mol.